The first-order valence-corrected chi connectivity index (χ1v) is 7.17. The lowest BCUT2D eigenvalue weighted by Gasteiger charge is -2.34. The van der Waals surface area contributed by atoms with Crippen LogP contribution < -0.4 is 0 Å². The van der Waals surface area contributed by atoms with Crippen LogP contribution in [0.25, 0.3) is 0 Å². The Labute approximate surface area is 130 Å². The van der Waals surface area contributed by atoms with Gasteiger partial charge in [-0.25, -0.2) is 4.79 Å². The summed E-state index contributed by atoms with van der Waals surface area (Å²) < 4.78 is 10.6. The van der Waals surface area contributed by atoms with Crippen molar-refractivity contribution in [1.29, 1.82) is 0 Å². The SMILES string of the molecule is CCO[C@@H](c1ccccc1)[C@](O)(C(=O)OC)c1ccccc1. The Balaban J connectivity index is 2.57. The first kappa shape index (κ1) is 16.2. The Morgan fingerprint density at radius 2 is 1.64 bits per heavy atom. The van der Waals surface area contributed by atoms with Gasteiger partial charge in [-0.05, 0) is 18.1 Å². The van der Waals surface area contributed by atoms with Crippen LogP contribution in [0.2, 0.25) is 0 Å². The quantitative estimate of drug-likeness (QED) is 0.834. The average Bonchev–Trinajstić information content (AvgIpc) is 2.59. The lowest BCUT2D eigenvalue weighted by molar-refractivity contribution is -0.184. The number of ether oxygens (including phenoxy) is 2. The molecular formula is C18H20O4. The molecule has 0 bridgehead atoms. The smallest absolute Gasteiger partial charge is 0.345 e. The maximum absolute atomic E-state index is 12.4. The number of hydrogen-bond acceptors (Lipinski definition) is 4. The van der Waals surface area contributed by atoms with E-state index in [1.165, 1.54) is 7.11 Å². The monoisotopic (exact) mass is 300 g/mol. The van der Waals surface area contributed by atoms with Crippen LogP contribution in [0.4, 0.5) is 0 Å². The van der Waals surface area contributed by atoms with Crippen LogP contribution in [-0.2, 0) is 19.9 Å². The summed E-state index contributed by atoms with van der Waals surface area (Å²) >= 11 is 0. The molecule has 2 atom stereocenters. The van der Waals surface area contributed by atoms with Gasteiger partial charge in [0.05, 0.1) is 7.11 Å². The van der Waals surface area contributed by atoms with Crippen molar-refractivity contribution in [3.63, 3.8) is 0 Å². The molecule has 0 aliphatic rings. The van der Waals surface area contributed by atoms with E-state index in [4.69, 9.17) is 9.47 Å². The molecule has 116 valence electrons. The third-order valence-corrected chi connectivity index (χ3v) is 3.53. The molecule has 2 aromatic carbocycles. The van der Waals surface area contributed by atoms with E-state index >= 15 is 0 Å². The molecule has 0 saturated heterocycles. The molecule has 0 saturated carbocycles. The number of methoxy groups -OCH3 is 1. The zero-order chi connectivity index (χ0) is 16.0. The normalized spacial score (nSPS) is 14.9. The van der Waals surface area contributed by atoms with Crippen LogP contribution in [0.3, 0.4) is 0 Å². The molecule has 0 aromatic heterocycles. The average molecular weight is 300 g/mol. The molecule has 0 amide bonds. The van der Waals surface area contributed by atoms with Gasteiger partial charge in [-0.2, -0.15) is 0 Å². The van der Waals surface area contributed by atoms with E-state index in [2.05, 4.69) is 0 Å². The highest BCUT2D eigenvalue weighted by atomic mass is 16.6. The van der Waals surface area contributed by atoms with Crippen molar-refractivity contribution in [2.75, 3.05) is 13.7 Å². The number of benzene rings is 2. The lowest BCUT2D eigenvalue weighted by atomic mass is 9.84. The molecule has 4 heteroatoms. The van der Waals surface area contributed by atoms with E-state index in [1.54, 1.807) is 24.3 Å². The number of hydrogen-bond donors (Lipinski definition) is 1. The highest BCUT2D eigenvalue weighted by Crippen LogP contribution is 2.39. The minimum Gasteiger partial charge on any atom is -0.467 e. The van der Waals surface area contributed by atoms with Crippen LogP contribution in [0.1, 0.15) is 24.2 Å². The molecule has 2 rings (SSSR count). The summed E-state index contributed by atoms with van der Waals surface area (Å²) in [5, 5.41) is 11.2. The summed E-state index contributed by atoms with van der Waals surface area (Å²) in [6.45, 7) is 2.17. The summed E-state index contributed by atoms with van der Waals surface area (Å²) in [6.07, 6.45) is -0.853. The molecule has 0 radical (unpaired) electrons. The number of esters is 1. The molecule has 0 spiro atoms. The van der Waals surface area contributed by atoms with Crippen molar-refractivity contribution in [3.8, 4) is 0 Å². The zero-order valence-electron chi connectivity index (χ0n) is 12.7. The van der Waals surface area contributed by atoms with Crippen molar-refractivity contribution in [3.05, 3.63) is 71.8 Å². The van der Waals surface area contributed by atoms with Gasteiger partial charge in [0.2, 0.25) is 5.60 Å². The number of aliphatic hydroxyl groups is 1. The fourth-order valence-electron chi connectivity index (χ4n) is 2.48. The van der Waals surface area contributed by atoms with Crippen molar-refractivity contribution < 1.29 is 19.4 Å². The van der Waals surface area contributed by atoms with Gasteiger partial charge in [-0.15, -0.1) is 0 Å². The number of carbonyl (C=O) groups excluding carboxylic acids is 1. The zero-order valence-corrected chi connectivity index (χ0v) is 12.7. The molecule has 1 N–H and O–H groups in total. The molecule has 0 heterocycles. The molecule has 0 unspecified atom stereocenters. The third kappa shape index (κ3) is 3.03. The van der Waals surface area contributed by atoms with Gasteiger partial charge in [0, 0.05) is 6.61 Å². The van der Waals surface area contributed by atoms with Crippen molar-refractivity contribution in [2.45, 2.75) is 18.6 Å². The summed E-state index contributed by atoms with van der Waals surface area (Å²) in [7, 11) is 1.25. The predicted octanol–water partition coefficient (Wildman–Crippen LogP) is 2.83. The molecule has 0 fully saturated rings. The van der Waals surface area contributed by atoms with Gasteiger partial charge < -0.3 is 14.6 Å². The topological polar surface area (TPSA) is 55.8 Å². The number of carbonyl (C=O) groups is 1. The molecule has 0 aliphatic heterocycles. The van der Waals surface area contributed by atoms with Gasteiger partial charge in [0.15, 0.2) is 0 Å². The Bertz CT molecular complexity index is 597. The Kier molecular flexibility index (Phi) is 5.31. The Morgan fingerprint density at radius 1 is 1.09 bits per heavy atom. The van der Waals surface area contributed by atoms with Gasteiger partial charge in [-0.3, -0.25) is 0 Å². The summed E-state index contributed by atoms with van der Waals surface area (Å²) in [5.41, 5.74) is -0.766. The fraction of sp³-hybridized carbons (Fsp3) is 0.278. The van der Waals surface area contributed by atoms with Gasteiger partial charge in [0.1, 0.15) is 6.10 Å². The molecular weight excluding hydrogens is 280 g/mol. The van der Waals surface area contributed by atoms with Gasteiger partial charge in [0.25, 0.3) is 0 Å². The lowest BCUT2D eigenvalue weighted by Crippen LogP contribution is -2.43. The van der Waals surface area contributed by atoms with E-state index < -0.39 is 17.7 Å². The predicted molar refractivity (Wildman–Crippen MR) is 83.2 cm³/mol. The Hall–Kier alpha value is -2.17. The van der Waals surface area contributed by atoms with Crippen molar-refractivity contribution in [1.82, 2.24) is 0 Å². The van der Waals surface area contributed by atoms with E-state index in [1.807, 2.05) is 43.3 Å². The van der Waals surface area contributed by atoms with Crippen molar-refractivity contribution in [2.24, 2.45) is 0 Å². The highest BCUT2D eigenvalue weighted by molar-refractivity contribution is 5.82. The third-order valence-electron chi connectivity index (χ3n) is 3.53. The maximum atomic E-state index is 12.4. The second kappa shape index (κ2) is 7.20. The van der Waals surface area contributed by atoms with Crippen LogP contribution in [0.15, 0.2) is 60.7 Å². The minimum absolute atomic E-state index is 0.353. The van der Waals surface area contributed by atoms with E-state index in [0.29, 0.717) is 17.7 Å². The second-order valence-electron chi connectivity index (χ2n) is 4.87. The van der Waals surface area contributed by atoms with Gasteiger partial charge >= 0.3 is 5.97 Å². The summed E-state index contributed by atoms with van der Waals surface area (Å²) in [6, 6.07) is 17.9. The maximum Gasteiger partial charge on any atom is 0.345 e. The van der Waals surface area contributed by atoms with E-state index in [0.717, 1.165) is 0 Å². The first-order valence-electron chi connectivity index (χ1n) is 7.17. The minimum atomic E-state index is -1.91. The second-order valence-corrected chi connectivity index (χ2v) is 4.87. The van der Waals surface area contributed by atoms with Crippen LogP contribution in [-0.4, -0.2) is 24.8 Å². The van der Waals surface area contributed by atoms with Crippen LogP contribution in [0, 0.1) is 0 Å². The van der Waals surface area contributed by atoms with Gasteiger partial charge in [-0.1, -0.05) is 60.7 Å². The standard InChI is InChI=1S/C18H20O4/c1-3-22-16(14-10-6-4-7-11-14)18(20,17(19)21-2)15-12-8-5-9-13-15/h4-13,16,20H,3H2,1-2H3/t16-,18-/m0/s1. The highest BCUT2D eigenvalue weighted by Gasteiger charge is 2.48. The molecule has 0 aliphatic carbocycles. The molecule has 2 aromatic rings. The summed E-state index contributed by atoms with van der Waals surface area (Å²) in [4.78, 5) is 12.4. The Morgan fingerprint density at radius 3 is 2.14 bits per heavy atom. The first-order chi connectivity index (χ1) is 10.6. The van der Waals surface area contributed by atoms with Crippen molar-refractivity contribution >= 4 is 5.97 Å². The summed E-state index contributed by atoms with van der Waals surface area (Å²) in [5.74, 6) is -0.749. The largest absolute Gasteiger partial charge is 0.467 e. The fourth-order valence-corrected chi connectivity index (χ4v) is 2.48. The number of rotatable bonds is 6. The van der Waals surface area contributed by atoms with E-state index in [-0.39, 0.29) is 0 Å². The molecule has 22 heavy (non-hydrogen) atoms. The van der Waals surface area contributed by atoms with E-state index in [9.17, 15) is 9.90 Å². The van der Waals surface area contributed by atoms with Crippen LogP contribution in [0.5, 0.6) is 0 Å². The molecule has 4 nitrogen and oxygen atoms in total. The van der Waals surface area contributed by atoms with Crippen LogP contribution >= 0.6 is 0 Å².